The molecular weight excluding hydrogens is 506 g/mol. The van der Waals surface area contributed by atoms with E-state index in [-0.39, 0.29) is 232 Å². The molecule has 0 aromatic carbocycles. The first-order chi connectivity index (χ1) is 9.95. The Morgan fingerprint density at radius 2 is 1.19 bits per heavy atom. The van der Waals surface area contributed by atoms with Crippen molar-refractivity contribution in [1.82, 2.24) is 0 Å². The van der Waals surface area contributed by atoms with Crippen molar-refractivity contribution in [3.63, 3.8) is 0 Å². The van der Waals surface area contributed by atoms with Crippen molar-refractivity contribution >= 4 is 15.6 Å². The third kappa shape index (κ3) is 40.9. The van der Waals surface area contributed by atoms with Gasteiger partial charge >= 0.3 is 206 Å². The van der Waals surface area contributed by atoms with Gasteiger partial charge in [-0.05, 0) is 12.8 Å². The molecule has 0 aromatic heterocycles. The first-order valence-corrected chi connectivity index (χ1v) is 8.75. The third-order valence-electron chi connectivity index (χ3n) is 1.82. The molecule has 0 amide bonds. The summed E-state index contributed by atoms with van der Waals surface area (Å²) >= 11 is 0. The Morgan fingerprint density at radius 3 is 1.42 bits per heavy atom. The average molecular weight is 525 g/mol. The smallest absolute Gasteiger partial charge is 0.790 e. The van der Waals surface area contributed by atoms with Gasteiger partial charge in [0.1, 0.15) is 6.10 Å². The normalized spacial score (nSPS) is 11.6. The van der Waals surface area contributed by atoms with Gasteiger partial charge in [0.2, 0.25) is 0 Å². The zero-order valence-corrected chi connectivity index (χ0v) is 29.6. The topological polar surface area (TPSA) is 226 Å². The van der Waals surface area contributed by atoms with Crippen LogP contribution in [0, 0.1) is 0 Å². The Morgan fingerprint density at radius 1 is 0.808 bits per heavy atom. The van der Waals surface area contributed by atoms with E-state index in [1.807, 2.05) is 0 Å². The van der Waals surface area contributed by atoms with E-state index in [0.29, 0.717) is 0 Å². The first kappa shape index (κ1) is 46.0. The number of phosphoric ester groups is 2. The number of aliphatic hydroxyl groups excluding tert-OH is 4. The van der Waals surface area contributed by atoms with Gasteiger partial charge in [-0.2, -0.15) is 0 Å². The number of rotatable bonds is 10. The van der Waals surface area contributed by atoms with Crippen molar-refractivity contribution < 1.29 is 264 Å². The van der Waals surface area contributed by atoms with Crippen LogP contribution in [0.15, 0.2) is 0 Å². The Hall–Kier alpha value is 6.61. The number of phosphoric acid groups is 2. The Balaban J connectivity index is -0.0000000674. The largest absolute Gasteiger partial charge is 1.00 e. The Labute approximate surface area is 322 Å². The molecule has 0 fully saturated rings. The second-order valence-electron chi connectivity index (χ2n) is 3.78. The summed E-state index contributed by atoms with van der Waals surface area (Å²) in [4.78, 5) is 39.6. The molecule has 1 atom stereocenters. The minimum Gasteiger partial charge on any atom is -0.790 e. The molecule has 0 heterocycles. The van der Waals surface area contributed by atoms with Crippen LogP contribution in [0.25, 0.3) is 0 Å². The molecule has 0 aliphatic carbocycles. The fraction of sp³-hybridized carbons (Fsp3) is 1.00. The zero-order valence-electron chi connectivity index (χ0n) is 15.3. The summed E-state index contributed by atoms with van der Waals surface area (Å²) in [7, 11) is -10.0. The molecule has 0 aliphatic rings. The van der Waals surface area contributed by atoms with Crippen LogP contribution in [0.4, 0.5) is 0 Å². The van der Waals surface area contributed by atoms with Gasteiger partial charge in [-0.1, -0.05) is 0 Å². The van der Waals surface area contributed by atoms with Crippen LogP contribution >= 0.6 is 15.6 Å². The van der Waals surface area contributed by atoms with Crippen LogP contribution in [0.2, 0.25) is 0 Å². The van der Waals surface area contributed by atoms with E-state index in [4.69, 9.17) is 20.4 Å². The fourth-order valence-corrected chi connectivity index (χ4v) is 1.88. The van der Waals surface area contributed by atoms with Crippen molar-refractivity contribution in [3.8, 4) is 0 Å². The van der Waals surface area contributed by atoms with Crippen LogP contribution in [0.3, 0.4) is 0 Å². The van der Waals surface area contributed by atoms with Crippen LogP contribution in [-0.2, 0) is 18.2 Å². The summed E-state index contributed by atoms with van der Waals surface area (Å²) in [6, 6.07) is 0. The van der Waals surface area contributed by atoms with Crippen molar-refractivity contribution in [3.05, 3.63) is 0 Å². The van der Waals surface area contributed by atoms with E-state index in [9.17, 15) is 28.7 Å². The second-order valence-corrected chi connectivity index (χ2v) is 6.04. The zero-order chi connectivity index (χ0) is 17.8. The predicted octanol–water partition coefficient (Wildman–Crippen LogP) is -16.8. The Bertz CT molecular complexity index is 361. The van der Waals surface area contributed by atoms with Crippen LogP contribution in [0.1, 0.15) is 12.8 Å². The molecule has 0 rings (SSSR count). The van der Waals surface area contributed by atoms with Crippen molar-refractivity contribution in [2.75, 3.05) is 26.4 Å². The van der Waals surface area contributed by atoms with Gasteiger partial charge < -0.3 is 58.2 Å². The third-order valence-corrected chi connectivity index (χ3v) is 2.84. The molecule has 18 heteroatoms. The van der Waals surface area contributed by atoms with Gasteiger partial charge in [0.05, 0.1) is 35.0 Å². The summed E-state index contributed by atoms with van der Waals surface area (Å²) in [5.74, 6) is 0. The van der Waals surface area contributed by atoms with Gasteiger partial charge in [0, 0.05) is 13.2 Å². The second kappa shape index (κ2) is 27.8. The summed E-state index contributed by atoms with van der Waals surface area (Å²) in [5.41, 5.74) is 0. The fourth-order valence-electron chi connectivity index (χ4n) is 0.950. The maximum Gasteiger partial charge on any atom is 1.00 e. The van der Waals surface area contributed by atoms with Crippen molar-refractivity contribution in [2.45, 2.75) is 25.0 Å². The molecule has 1 unspecified atom stereocenters. The molecule has 0 radical (unpaired) electrons. The molecule has 0 aliphatic heterocycles. The first-order valence-electron chi connectivity index (χ1n) is 5.82. The van der Waals surface area contributed by atoms with Crippen LogP contribution < -0.4 is 225 Å². The van der Waals surface area contributed by atoms with Gasteiger partial charge in [0.25, 0.3) is 0 Å². The minimum atomic E-state index is -5.00. The quantitative estimate of drug-likeness (QED) is 0.154. The molecule has 12 nitrogen and oxygen atoms in total. The molecule has 0 saturated carbocycles. The number of hydrogen-bond donors (Lipinski definition) is 4. The molecule has 0 spiro atoms. The number of hydrogen-bond acceptors (Lipinski definition) is 12. The van der Waals surface area contributed by atoms with E-state index in [1.54, 1.807) is 0 Å². The summed E-state index contributed by atoms with van der Waals surface area (Å²) in [6.45, 7) is -1.91. The van der Waals surface area contributed by atoms with E-state index in [0.717, 1.165) is 0 Å². The SMILES string of the molecule is O=P([O-])([O-])OC(CCO)CCO.O=P([O-])([O-])OCC(O)CO.[K+].[K+].[K+].[K+]. The maximum absolute atomic E-state index is 10.1. The van der Waals surface area contributed by atoms with E-state index >= 15 is 0 Å². The Kier molecular flexibility index (Phi) is 49.3. The van der Waals surface area contributed by atoms with Crippen molar-refractivity contribution in [1.29, 1.82) is 0 Å². The predicted molar refractivity (Wildman–Crippen MR) is 62.5 cm³/mol. The minimum absolute atomic E-state index is 0. The van der Waals surface area contributed by atoms with Gasteiger partial charge in [-0.15, -0.1) is 0 Å². The molecule has 4 N–H and O–H groups in total. The molecule has 26 heavy (non-hydrogen) atoms. The molecule has 0 aromatic rings. The summed E-state index contributed by atoms with van der Waals surface area (Å²) in [5, 5.41) is 33.4. The van der Waals surface area contributed by atoms with E-state index in [2.05, 4.69) is 9.05 Å². The van der Waals surface area contributed by atoms with Gasteiger partial charge in [-0.3, -0.25) is 0 Å². The maximum atomic E-state index is 10.1. The number of aliphatic hydroxyl groups is 4. The van der Waals surface area contributed by atoms with Crippen LogP contribution in [0.5, 0.6) is 0 Å². The van der Waals surface area contributed by atoms with E-state index < -0.39 is 41.1 Å². The molecule has 0 bridgehead atoms. The average Bonchev–Trinajstić information content (AvgIpc) is 2.34. The van der Waals surface area contributed by atoms with Gasteiger partial charge in [-0.25, -0.2) is 0 Å². The van der Waals surface area contributed by atoms with E-state index in [1.165, 1.54) is 0 Å². The molecular formula is C8H18K4O12P2. The molecule has 136 valence electrons. The molecule has 0 saturated heterocycles. The van der Waals surface area contributed by atoms with Crippen molar-refractivity contribution in [2.24, 2.45) is 0 Å². The summed E-state index contributed by atoms with van der Waals surface area (Å²) < 4.78 is 27.4. The van der Waals surface area contributed by atoms with Gasteiger partial charge in [0.15, 0.2) is 0 Å². The standard InChI is InChI=1S/C5H13O6P.C3H9O6P.4K/c6-3-1-5(2-4-7)11-12(8,9)10;4-1-3(5)2-9-10(6,7)8;;;;/h5-7H,1-4H2,(H2,8,9,10);3-5H,1-2H2,(H2,6,7,8);;;;/q;;4*+1/p-4. The van der Waals surface area contributed by atoms with Crippen LogP contribution in [-0.4, -0.2) is 59.1 Å². The summed E-state index contributed by atoms with van der Waals surface area (Å²) in [6.07, 6.45) is -2.19. The monoisotopic (exact) mass is 524 g/mol.